The minimum atomic E-state index is 0.336. The number of fused-ring (bicyclic) bond motifs is 1. The minimum Gasteiger partial charge on any atom is -0.342 e. The van der Waals surface area contributed by atoms with Crippen LogP contribution < -0.4 is 5.73 Å². The van der Waals surface area contributed by atoms with Gasteiger partial charge in [-0.3, -0.25) is 4.79 Å². The van der Waals surface area contributed by atoms with Gasteiger partial charge in [0, 0.05) is 25.6 Å². The topological polar surface area (TPSA) is 46.3 Å². The van der Waals surface area contributed by atoms with Crippen molar-refractivity contribution in [3.05, 3.63) is 0 Å². The Hall–Kier alpha value is -0.570. The molecule has 1 aliphatic carbocycles. The molecule has 104 valence electrons. The van der Waals surface area contributed by atoms with Crippen molar-refractivity contribution in [3.8, 4) is 0 Å². The second kappa shape index (κ2) is 5.20. The Balaban J connectivity index is 1.75. The van der Waals surface area contributed by atoms with E-state index >= 15 is 0 Å². The highest BCUT2D eigenvalue weighted by Gasteiger charge is 2.42. The van der Waals surface area contributed by atoms with E-state index in [1.54, 1.807) is 0 Å². The third kappa shape index (κ3) is 3.25. The number of nitrogens with zero attached hydrogens (tertiary/aromatic N) is 1. The van der Waals surface area contributed by atoms with Crippen molar-refractivity contribution in [2.75, 3.05) is 13.1 Å². The molecule has 0 aromatic carbocycles. The smallest absolute Gasteiger partial charge is 0.222 e. The van der Waals surface area contributed by atoms with E-state index in [1.165, 1.54) is 6.42 Å². The van der Waals surface area contributed by atoms with Crippen LogP contribution in [0.5, 0.6) is 0 Å². The molecule has 3 nitrogen and oxygen atoms in total. The standard InChI is InChI=1S/C15H28N2O/c1-15(2,3)8-4-5-14(18)17-9-11-6-7-13(16)12(11)10-17/h11-13H,4-10,16H2,1-3H3. The average molecular weight is 252 g/mol. The number of carbonyl (C=O) groups is 1. The monoisotopic (exact) mass is 252 g/mol. The summed E-state index contributed by atoms with van der Waals surface area (Å²) in [6.45, 7) is 8.58. The van der Waals surface area contributed by atoms with Crippen molar-refractivity contribution in [1.29, 1.82) is 0 Å². The first-order valence-electron chi connectivity index (χ1n) is 7.40. The molecule has 2 aliphatic rings. The van der Waals surface area contributed by atoms with Crippen LogP contribution in [0.2, 0.25) is 0 Å². The lowest BCUT2D eigenvalue weighted by atomic mass is 9.90. The number of hydrogen-bond donors (Lipinski definition) is 1. The zero-order chi connectivity index (χ0) is 13.3. The predicted molar refractivity (Wildman–Crippen MR) is 74.1 cm³/mol. The summed E-state index contributed by atoms with van der Waals surface area (Å²) in [4.78, 5) is 14.2. The molecule has 3 unspecified atom stereocenters. The zero-order valence-corrected chi connectivity index (χ0v) is 12.1. The van der Waals surface area contributed by atoms with Gasteiger partial charge in [0.2, 0.25) is 5.91 Å². The Morgan fingerprint density at radius 1 is 1.28 bits per heavy atom. The van der Waals surface area contributed by atoms with Crippen LogP contribution in [-0.2, 0) is 4.79 Å². The highest BCUT2D eigenvalue weighted by Crippen LogP contribution is 2.37. The summed E-state index contributed by atoms with van der Waals surface area (Å²) in [5.41, 5.74) is 6.44. The fourth-order valence-electron chi connectivity index (χ4n) is 3.44. The maximum absolute atomic E-state index is 12.2. The third-order valence-electron chi connectivity index (χ3n) is 4.58. The summed E-state index contributed by atoms with van der Waals surface area (Å²) < 4.78 is 0. The van der Waals surface area contributed by atoms with Crippen molar-refractivity contribution in [3.63, 3.8) is 0 Å². The molecule has 1 saturated carbocycles. The van der Waals surface area contributed by atoms with Crippen molar-refractivity contribution in [2.45, 2.75) is 58.9 Å². The van der Waals surface area contributed by atoms with Crippen LogP contribution >= 0.6 is 0 Å². The SMILES string of the molecule is CC(C)(C)CCCC(=O)N1CC2CCC(N)C2C1. The fraction of sp³-hybridized carbons (Fsp3) is 0.933. The Bertz CT molecular complexity index is 308. The summed E-state index contributed by atoms with van der Waals surface area (Å²) in [6.07, 6.45) is 5.23. The fourth-order valence-corrected chi connectivity index (χ4v) is 3.44. The number of amides is 1. The van der Waals surface area contributed by atoms with Gasteiger partial charge in [-0.15, -0.1) is 0 Å². The van der Waals surface area contributed by atoms with E-state index in [4.69, 9.17) is 5.73 Å². The Labute approximate surface area is 111 Å². The first-order valence-corrected chi connectivity index (χ1v) is 7.40. The number of hydrogen-bond acceptors (Lipinski definition) is 2. The molecule has 1 saturated heterocycles. The normalized spacial score (nSPS) is 31.8. The highest BCUT2D eigenvalue weighted by molar-refractivity contribution is 5.76. The molecule has 3 heteroatoms. The molecule has 2 N–H and O–H groups in total. The lowest BCUT2D eigenvalue weighted by molar-refractivity contribution is -0.130. The molecule has 0 aromatic heterocycles. The van der Waals surface area contributed by atoms with Crippen molar-refractivity contribution in [2.24, 2.45) is 23.0 Å². The molecule has 0 aromatic rings. The van der Waals surface area contributed by atoms with Crippen LogP contribution in [0.15, 0.2) is 0 Å². The highest BCUT2D eigenvalue weighted by atomic mass is 16.2. The summed E-state index contributed by atoms with van der Waals surface area (Å²) in [5, 5.41) is 0. The Morgan fingerprint density at radius 3 is 2.61 bits per heavy atom. The van der Waals surface area contributed by atoms with E-state index in [1.807, 2.05) is 0 Å². The zero-order valence-electron chi connectivity index (χ0n) is 12.1. The first-order chi connectivity index (χ1) is 8.37. The summed E-state index contributed by atoms with van der Waals surface area (Å²) in [5.74, 6) is 1.61. The molecule has 0 radical (unpaired) electrons. The second-order valence-electron chi connectivity index (χ2n) is 7.38. The van der Waals surface area contributed by atoms with E-state index in [9.17, 15) is 4.79 Å². The van der Waals surface area contributed by atoms with Crippen LogP contribution in [0, 0.1) is 17.3 Å². The number of rotatable bonds is 3. The maximum atomic E-state index is 12.2. The van der Waals surface area contributed by atoms with Crippen LogP contribution in [0.1, 0.15) is 52.9 Å². The van der Waals surface area contributed by atoms with Gasteiger partial charge in [-0.1, -0.05) is 20.8 Å². The largest absolute Gasteiger partial charge is 0.342 e. The Morgan fingerprint density at radius 2 is 2.00 bits per heavy atom. The van der Waals surface area contributed by atoms with Crippen molar-refractivity contribution in [1.82, 2.24) is 4.90 Å². The molecule has 0 bridgehead atoms. The van der Waals surface area contributed by atoms with Crippen LogP contribution in [0.25, 0.3) is 0 Å². The van der Waals surface area contributed by atoms with Gasteiger partial charge in [0.15, 0.2) is 0 Å². The maximum Gasteiger partial charge on any atom is 0.222 e. The molecule has 1 heterocycles. The quantitative estimate of drug-likeness (QED) is 0.838. The summed E-state index contributed by atoms with van der Waals surface area (Å²) in [7, 11) is 0. The molecular weight excluding hydrogens is 224 g/mol. The lowest BCUT2D eigenvalue weighted by Gasteiger charge is -2.21. The molecular formula is C15H28N2O. The van der Waals surface area contributed by atoms with E-state index < -0.39 is 0 Å². The minimum absolute atomic E-state index is 0.336. The lowest BCUT2D eigenvalue weighted by Crippen LogP contribution is -2.33. The van der Waals surface area contributed by atoms with E-state index in [0.717, 1.165) is 32.4 Å². The van der Waals surface area contributed by atoms with Gasteiger partial charge < -0.3 is 10.6 Å². The van der Waals surface area contributed by atoms with E-state index in [-0.39, 0.29) is 0 Å². The van der Waals surface area contributed by atoms with Gasteiger partial charge >= 0.3 is 0 Å². The number of nitrogens with two attached hydrogens (primary N) is 1. The van der Waals surface area contributed by atoms with E-state index in [2.05, 4.69) is 25.7 Å². The van der Waals surface area contributed by atoms with Gasteiger partial charge in [0.25, 0.3) is 0 Å². The van der Waals surface area contributed by atoms with Gasteiger partial charge in [-0.25, -0.2) is 0 Å². The number of carbonyl (C=O) groups excluding carboxylic acids is 1. The summed E-state index contributed by atoms with van der Waals surface area (Å²) >= 11 is 0. The van der Waals surface area contributed by atoms with Gasteiger partial charge in [0.1, 0.15) is 0 Å². The molecule has 2 rings (SSSR count). The van der Waals surface area contributed by atoms with Gasteiger partial charge in [-0.2, -0.15) is 0 Å². The molecule has 0 spiro atoms. The summed E-state index contributed by atoms with van der Waals surface area (Å²) in [6, 6.07) is 0.336. The third-order valence-corrected chi connectivity index (χ3v) is 4.58. The van der Waals surface area contributed by atoms with Crippen LogP contribution in [0.3, 0.4) is 0 Å². The first kappa shape index (κ1) is 13.9. The van der Waals surface area contributed by atoms with Crippen molar-refractivity contribution >= 4 is 5.91 Å². The van der Waals surface area contributed by atoms with Crippen LogP contribution in [-0.4, -0.2) is 29.9 Å². The second-order valence-corrected chi connectivity index (χ2v) is 7.38. The molecule has 2 fully saturated rings. The molecule has 3 atom stereocenters. The van der Waals surface area contributed by atoms with Gasteiger partial charge in [-0.05, 0) is 42.9 Å². The average Bonchev–Trinajstić information content (AvgIpc) is 2.79. The van der Waals surface area contributed by atoms with Crippen LogP contribution in [0.4, 0.5) is 0 Å². The Kier molecular flexibility index (Phi) is 4.00. The molecule has 1 aliphatic heterocycles. The predicted octanol–water partition coefficient (Wildman–Crippen LogP) is 2.40. The number of likely N-dealkylation sites (tertiary alicyclic amines) is 1. The molecule has 1 amide bonds. The molecule has 18 heavy (non-hydrogen) atoms. The van der Waals surface area contributed by atoms with Crippen molar-refractivity contribution < 1.29 is 4.79 Å². The van der Waals surface area contributed by atoms with Gasteiger partial charge in [0.05, 0.1) is 0 Å². The van der Waals surface area contributed by atoms with E-state index in [0.29, 0.717) is 35.6 Å².